The number of hydrogen-bond donors (Lipinski definition) is 2. The third kappa shape index (κ3) is 9.98. The molecule has 3 aromatic heterocycles. The summed E-state index contributed by atoms with van der Waals surface area (Å²) in [4.78, 5) is 73.6. The number of nitrogens with zero attached hydrogens (tertiary/aromatic N) is 8. The van der Waals surface area contributed by atoms with Gasteiger partial charge in [-0.3, -0.25) is 24.5 Å². The van der Waals surface area contributed by atoms with E-state index in [0.29, 0.717) is 58.4 Å². The minimum atomic E-state index is -4.91. The van der Waals surface area contributed by atoms with Crippen LogP contribution in [-0.4, -0.2) is 101 Å². The van der Waals surface area contributed by atoms with E-state index in [0.717, 1.165) is 40.0 Å². The van der Waals surface area contributed by atoms with Gasteiger partial charge in [-0.1, -0.05) is 11.6 Å². The van der Waals surface area contributed by atoms with Gasteiger partial charge in [-0.25, -0.2) is 19.4 Å². The van der Waals surface area contributed by atoms with Crippen molar-refractivity contribution in [3.05, 3.63) is 81.1 Å². The molecule has 0 saturated carbocycles. The van der Waals surface area contributed by atoms with E-state index in [-0.39, 0.29) is 63.1 Å². The van der Waals surface area contributed by atoms with Gasteiger partial charge in [-0.15, -0.1) is 0 Å². The fourth-order valence-corrected chi connectivity index (χ4v) is 7.19. The van der Waals surface area contributed by atoms with Crippen LogP contribution in [0.3, 0.4) is 0 Å². The van der Waals surface area contributed by atoms with Gasteiger partial charge in [0.15, 0.2) is 17.3 Å². The number of ether oxygens (including phenoxy) is 1. The molecule has 1 aromatic carbocycles. The zero-order chi connectivity index (χ0) is 42.8. The van der Waals surface area contributed by atoms with Crippen LogP contribution in [0.2, 0.25) is 5.02 Å². The summed E-state index contributed by atoms with van der Waals surface area (Å²) < 4.78 is 49.7. The fraction of sp³-hybridized carbons (Fsp3) is 0.447. The molecule has 2 fully saturated rings. The Morgan fingerprint density at radius 3 is 2.22 bits per heavy atom. The molecule has 2 aliphatic heterocycles. The number of rotatable bonds is 9. The standard InChI is InChI=1S/C38H42ClF3N10O7/c1-37(2,3)59-36(56)50-15-11-23(12-16-50)35(55)49-13-9-22(10-14-49)18-45-33(53)26-7-5-24(17-28(26)39)46-34(54)32-44-20-29(48(32)4)27-21-51(47-31(27)38(40,41)42)30-8-6-25(19-43-30)52(57)58/h5-8,17,19-23H,9-16,18H2,1-4H3,(H,45,53)(H,46,54). The first-order chi connectivity index (χ1) is 27.8. The number of aromatic nitrogens is 5. The normalized spacial score (nSPS) is 15.5. The molecule has 2 saturated heterocycles. The molecular formula is C38H42ClF3N10O7. The average Bonchev–Trinajstić information content (AvgIpc) is 3.80. The molecule has 0 unspecified atom stereocenters. The van der Waals surface area contributed by atoms with Crippen molar-refractivity contribution in [3.63, 3.8) is 0 Å². The predicted octanol–water partition coefficient (Wildman–Crippen LogP) is 6.12. The van der Waals surface area contributed by atoms with E-state index in [1.807, 2.05) is 25.7 Å². The van der Waals surface area contributed by atoms with Crippen LogP contribution in [0.15, 0.2) is 48.9 Å². The number of nitrogens with one attached hydrogen (secondary N) is 2. The molecule has 0 spiro atoms. The Labute approximate surface area is 341 Å². The third-order valence-corrected chi connectivity index (χ3v) is 10.4. The Balaban J connectivity index is 1.01. The maximum Gasteiger partial charge on any atom is 0.435 e. The molecule has 2 N–H and O–H groups in total. The van der Waals surface area contributed by atoms with E-state index in [1.54, 1.807) is 4.90 Å². The van der Waals surface area contributed by atoms with E-state index in [2.05, 4.69) is 25.7 Å². The van der Waals surface area contributed by atoms with Crippen molar-refractivity contribution in [2.24, 2.45) is 18.9 Å². The second-order valence-electron chi connectivity index (χ2n) is 15.4. The first kappa shape index (κ1) is 42.6. The lowest BCUT2D eigenvalue weighted by Gasteiger charge is -2.37. The van der Waals surface area contributed by atoms with Crippen molar-refractivity contribution in [1.82, 2.24) is 39.4 Å². The van der Waals surface area contributed by atoms with Gasteiger partial charge in [0, 0.05) is 63.6 Å². The number of nitro groups is 1. The molecule has 2 aliphatic rings. The zero-order valence-electron chi connectivity index (χ0n) is 32.6. The van der Waals surface area contributed by atoms with Crippen LogP contribution in [0, 0.1) is 22.0 Å². The van der Waals surface area contributed by atoms with E-state index in [4.69, 9.17) is 16.3 Å². The van der Waals surface area contributed by atoms with E-state index in [1.165, 1.54) is 25.2 Å². The Morgan fingerprint density at radius 2 is 1.63 bits per heavy atom. The van der Waals surface area contributed by atoms with E-state index in [9.17, 15) is 42.5 Å². The number of carbonyl (C=O) groups excluding carboxylic acids is 4. The highest BCUT2D eigenvalue weighted by Crippen LogP contribution is 2.37. The summed E-state index contributed by atoms with van der Waals surface area (Å²) in [6.45, 7) is 7.86. The molecule has 0 atom stereocenters. The first-order valence-corrected chi connectivity index (χ1v) is 19.1. The number of carbonyl (C=O) groups is 4. The van der Waals surface area contributed by atoms with Crippen LogP contribution in [-0.2, 0) is 22.8 Å². The van der Waals surface area contributed by atoms with Gasteiger partial charge >= 0.3 is 12.3 Å². The minimum absolute atomic E-state index is 0.0426. The second kappa shape index (κ2) is 17.0. The van der Waals surface area contributed by atoms with Gasteiger partial charge in [-0.2, -0.15) is 18.3 Å². The van der Waals surface area contributed by atoms with E-state index < -0.39 is 39.8 Å². The topological polar surface area (TPSA) is 200 Å². The molecule has 4 amide bonds. The molecule has 0 aliphatic carbocycles. The van der Waals surface area contributed by atoms with Gasteiger partial charge in [0.2, 0.25) is 5.91 Å². The highest BCUT2D eigenvalue weighted by Gasteiger charge is 2.39. The Kier molecular flexibility index (Phi) is 12.3. The van der Waals surface area contributed by atoms with Gasteiger partial charge < -0.3 is 29.7 Å². The molecular weight excluding hydrogens is 801 g/mol. The van der Waals surface area contributed by atoms with Crippen LogP contribution >= 0.6 is 11.6 Å². The number of piperidine rings is 2. The lowest BCUT2D eigenvalue weighted by atomic mass is 9.92. The average molecular weight is 843 g/mol. The Morgan fingerprint density at radius 1 is 0.949 bits per heavy atom. The fourth-order valence-electron chi connectivity index (χ4n) is 6.93. The quantitative estimate of drug-likeness (QED) is 0.146. The number of alkyl halides is 3. The molecule has 5 heterocycles. The number of amides is 4. The minimum Gasteiger partial charge on any atom is -0.444 e. The number of halogens is 4. The molecule has 0 bridgehead atoms. The second-order valence-corrected chi connectivity index (χ2v) is 15.8. The highest BCUT2D eigenvalue weighted by atomic mass is 35.5. The number of hydrogen-bond acceptors (Lipinski definition) is 10. The Hall–Kier alpha value is -6.05. The smallest absolute Gasteiger partial charge is 0.435 e. The number of imidazole rings is 1. The van der Waals surface area contributed by atoms with Gasteiger partial charge in [0.1, 0.15) is 11.8 Å². The predicted molar refractivity (Wildman–Crippen MR) is 207 cm³/mol. The molecule has 6 rings (SSSR count). The summed E-state index contributed by atoms with van der Waals surface area (Å²) in [5.41, 5.74) is -2.40. The molecule has 17 nitrogen and oxygen atoms in total. The van der Waals surface area contributed by atoms with Gasteiger partial charge in [0.25, 0.3) is 17.5 Å². The number of anilines is 1. The Bertz CT molecular complexity index is 2240. The maximum absolute atomic E-state index is 14.1. The number of benzene rings is 1. The molecule has 21 heteroatoms. The molecule has 314 valence electrons. The van der Waals surface area contributed by atoms with Crippen LogP contribution in [0.4, 0.5) is 29.3 Å². The largest absolute Gasteiger partial charge is 0.444 e. The van der Waals surface area contributed by atoms with Crippen LogP contribution in [0.25, 0.3) is 17.1 Å². The van der Waals surface area contributed by atoms with Crippen molar-refractivity contribution in [2.75, 3.05) is 38.0 Å². The lowest BCUT2D eigenvalue weighted by Crippen LogP contribution is -2.48. The van der Waals surface area contributed by atoms with Crippen molar-refractivity contribution in [3.8, 4) is 17.1 Å². The van der Waals surface area contributed by atoms with Crippen molar-refractivity contribution < 1.29 is 42.0 Å². The summed E-state index contributed by atoms with van der Waals surface area (Å²) in [7, 11) is 1.35. The third-order valence-electron chi connectivity index (χ3n) is 10.1. The summed E-state index contributed by atoms with van der Waals surface area (Å²) in [5, 5.41) is 20.1. The molecule has 4 aromatic rings. The molecule has 59 heavy (non-hydrogen) atoms. The lowest BCUT2D eigenvalue weighted by molar-refractivity contribution is -0.385. The summed E-state index contributed by atoms with van der Waals surface area (Å²) >= 11 is 6.45. The summed E-state index contributed by atoms with van der Waals surface area (Å²) in [5.74, 6) is -1.49. The van der Waals surface area contributed by atoms with Crippen molar-refractivity contribution in [1.29, 1.82) is 0 Å². The number of likely N-dealkylation sites (tertiary alicyclic amines) is 2. The summed E-state index contributed by atoms with van der Waals surface area (Å²) in [6, 6.07) is 6.48. The van der Waals surface area contributed by atoms with Gasteiger partial charge in [-0.05, 0) is 76.6 Å². The maximum atomic E-state index is 14.1. The van der Waals surface area contributed by atoms with Gasteiger partial charge in [0.05, 0.1) is 33.0 Å². The van der Waals surface area contributed by atoms with Crippen molar-refractivity contribution in [2.45, 2.75) is 58.2 Å². The van der Waals surface area contributed by atoms with E-state index >= 15 is 0 Å². The molecule has 0 radical (unpaired) electrons. The first-order valence-electron chi connectivity index (χ1n) is 18.7. The van der Waals surface area contributed by atoms with Crippen LogP contribution in [0.5, 0.6) is 0 Å². The van der Waals surface area contributed by atoms with Crippen LogP contribution in [0.1, 0.15) is 73.1 Å². The van der Waals surface area contributed by atoms with Crippen molar-refractivity contribution >= 4 is 46.8 Å². The highest BCUT2D eigenvalue weighted by molar-refractivity contribution is 6.34. The SMILES string of the molecule is Cn1c(-c2cn(-c3ccc([N+](=O)[O-])cn3)nc2C(F)(F)F)cnc1C(=O)Nc1ccc(C(=O)NCC2CCN(C(=O)C3CCN(C(=O)OC(C)(C)C)CC3)CC2)c(Cl)c1. The van der Waals surface area contributed by atoms with Crippen LogP contribution < -0.4 is 10.6 Å². The zero-order valence-corrected chi connectivity index (χ0v) is 33.3. The number of pyridine rings is 1. The monoisotopic (exact) mass is 842 g/mol. The summed E-state index contributed by atoms with van der Waals surface area (Å²) in [6.07, 6.45) is 0.279.